The number of hydrogen-bond donors (Lipinski definition) is 1. The number of hydrogen-bond acceptors (Lipinski definition) is 4. The third kappa shape index (κ3) is 5.90. The van der Waals surface area contributed by atoms with E-state index in [1.165, 1.54) is 16.7 Å². The molecule has 2 aromatic carbocycles. The molecule has 1 N–H and O–H groups in total. The molecule has 2 amide bonds. The minimum absolute atomic E-state index is 0.0719. The Kier molecular flexibility index (Phi) is 7.17. The first-order valence-corrected chi connectivity index (χ1v) is 10.0. The second-order valence-electron chi connectivity index (χ2n) is 5.96. The fourth-order valence-electron chi connectivity index (χ4n) is 2.51. The molecule has 0 saturated heterocycles. The summed E-state index contributed by atoms with van der Waals surface area (Å²) >= 11 is 7.49. The van der Waals surface area contributed by atoms with E-state index in [0.29, 0.717) is 16.5 Å². The second kappa shape index (κ2) is 10.0. The van der Waals surface area contributed by atoms with E-state index in [9.17, 15) is 9.59 Å². The van der Waals surface area contributed by atoms with Gasteiger partial charge in [0.15, 0.2) is 0 Å². The number of nitrogens with one attached hydrogen (secondary N) is 1. The fourth-order valence-corrected chi connectivity index (χ4v) is 3.65. The second-order valence-corrected chi connectivity index (χ2v) is 7.39. The van der Waals surface area contributed by atoms with Crippen LogP contribution in [0.2, 0.25) is 5.02 Å². The van der Waals surface area contributed by atoms with Crippen LogP contribution in [0.5, 0.6) is 0 Å². The number of nitrogens with zero attached hydrogens (tertiary/aromatic N) is 1. The van der Waals surface area contributed by atoms with Crippen molar-refractivity contribution in [2.75, 3.05) is 17.6 Å². The number of benzene rings is 2. The van der Waals surface area contributed by atoms with E-state index in [1.54, 1.807) is 36.6 Å². The lowest BCUT2D eigenvalue weighted by atomic mass is 10.3. The van der Waals surface area contributed by atoms with Crippen molar-refractivity contribution in [1.82, 2.24) is 4.90 Å². The van der Waals surface area contributed by atoms with Crippen molar-refractivity contribution in [2.24, 2.45) is 0 Å². The Hall–Kier alpha value is -2.70. The molecule has 0 atom stereocenters. The van der Waals surface area contributed by atoms with Crippen molar-refractivity contribution in [3.05, 3.63) is 83.8 Å². The lowest BCUT2D eigenvalue weighted by molar-refractivity contribution is -0.133. The number of thioether (sulfide) groups is 1. The minimum atomic E-state index is -0.270. The van der Waals surface area contributed by atoms with Gasteiger partial charge in [0.1, 0.15) is 12.3 Å². The zero-order chi connectivity index (χ0) is 19.8. The van der Waals surface area contributed by atoms with Crippen LogP contribution in [0.15, 0.2) is 82.3 Å². The summed E-state index contributed by atoms with van der Waals surface area (Å²) in [5, 5.41) is 3.40. The smallest absolute Gasteiger partial charge is 0.244 e. The molecule has 5 nitrogen and oxygen atoms in total. The molecule has 0 bridgehead atoms. The number of anilines is 1. The number of carbonyl (C=O) groups is 2. The SMILES string of the molecule is O=C(CN(Cc1ccco1)C(=O)CSc1ccccc1Cl)Nc1ccccc1. The average molecular weight is 415 g/mol. The lowest BCUT2D eigenvalue weighted by Gasteiger charge is -2.21. The van der Waals surface area contributed by atoms with Gasteiger partial charge in [0.05, 0.1) is 23.6 Å². The normalized spacial score (nSPS) is 10.5. The zero-order valence-corrected chi connectivity index (χ0v) is 16.6. The quantitative estimate of drug-likeness (QED) is 0.543. The first-order chi connectivity index (χ1) is 13.6. The van der Waals surface area contributed by atoms with Crippen LogP contribution in [-0.2, 0) is 16.1 Å². The van der Waals surface area contributed by atoms with Gasteiger partial charge in [-0.15, -0.1) is 11.8 Å². The van der Waals surface area contributed by atoms with Gasteiger partial charge in [-0.3, -0.25) is 9.59 Å². The molecule has 1 aromatic heterocycles. The van der Waals surface area contributed by atoms with E-state index in [0.717, 1.165) is 4.90 Å². The molecule has 7 heteroatoms. The largest absolute Gasteiger partial charge is 0.467 e. The van der Waals surface area contributed by atoms with Gasteiger partial charge in [0.25, 0.3) is 0 Å². The monoisotopic (exact) mass is 414 g/mol. The topological polar surface area (TPSA) is 62.6 Å². The van der Waals surface area contributed by atoms with Gasteiger partial charge >= 0.3 is 0 Å². The van der Waals surface area contributed by atoms with Gasteiger partial charge in [0, 0.05) is 10.6 Å². The summed E-state index contributed by atoms with van der Waals surface area (Å²) in [6, 6.07) is 20.0. The molecule has 0 radical (unpaired) electrons. The van der Waals surface area contributed by atoms with Crippen molar-refractivity contribution in [1.29, 1.82) is 0 Å². The number of halogens is 1. The predicted octanol–water partition coefficient (Wildman–Crippen LogP) is 4.69. The highest BCUT2D eigenvalue weighted by Crippen LogP contribution is 2.26. The summed E-state index contributed by atoms with van der Waals surface area (Å²) in [5.74, 6) is 0.338. The zero-order valence-electron chi connectivity index (χ0n) is 15.0. The van der Waals surface area contributed by atoms with Gasteiger partial charge < -0.3 is 14.6 Å². The van der Waals surface area contributed by atoms with Crippen molar-refractivity contribution in [3.63, 3.8) is 0 Å². The van der Waals surface area contributed by atoms with Crippen LogP contribution >= 0.6 is 23.4 Å². The highest BCUT2D eigenvalue weighted by atomic mass is 35.5. The van der Waals surface area contributed by atoms with Crippen LogP contribution in [-0.4, -0.2) is 29.0 Å². The molecule has 0 spiro atoms. The molecule has 0 saturated carbocycles. The van der Waals surface area contributed by atoms with Crippen molar-refractivity contribution in [3.8, 4) is 0 Å². The highest BCUT2D eigenvalue weighted by molar-refractivity contribution is 8.00. The van der Waals surface area contributed by atoms with Crippen LogP contribution in [0.25, 0.3) is 0 Å². The summed E-state index contributed by atoms with van der Waals surface area (Å²) in [7, 11) is 0. The van der Waals surface area contributed by atoms with Crippen molar-refractivity contribution >= 4 is 40.9 Å². The van der Waals surface area contributed by atoms with Gasteiger partial charge in [-0.2, -0.15) is 0 Å². The molecule has 144 valence electrons. The number of carbonyl (C=O) groups excluding carboxylic acids is 2. The molecule has 0 aliphatic rings. The Morgan fingerprint density at radius 1 is 1.00 bits per heavy atom. The van der Waals surface area contributed by atoms with E-state index in [2.05, 4.69) is 5.32 Å². The van der Waals surface area contributed by atoms with Crippen molar-refractivity contribution in [2.45, 2.75) is 11.4 Å². The van der Waals surface area contributed by atoms with Crippen LogP contribution in [0, 0.1) is 0 Å². The molecular weight excluding hydrogens is 396 g/mol. The number of furan rings is 1. The third-order valence-corrected chi connectivity index (χ3v) is 5.36. The summed E-state index contributed by atoms with van der Waals surface area (Å²) in [6.45, 7) is 0.147. The fraction of sp³-hybridized carbons (Fsp3) is 0.143. The molecular formula is C21H19ClN2O3S. The maximum absolute atomic E-state index is 12.8. The Bertz CT molecular complexity index is 916. The van der Waals surface area contributed by atoms with Crippen molar-refractivity contribution < 1.29 is 14.0 Å². The number of para-hydroxylation sites is 1. The maximum atomic E-state index is 12.8. The van der Waals surface area contributed by atoms with Gasteiger partial charge in [0.2, 0.25) is 11.8 Å². The summed E-state index contributed by atoms with van der Waals surface area (Å²) < 4.78 is 5.34. The van der Waals surface area contributed by atoms with E-state index in [-0.39, 0.29) is 30.7 Å². The maximum Gasteiger partial charge on any atom is 0.244 e. The Labute approximate surface area is 172 Å². The first-order valence-electron chi connectivity index (χ1n) is 8.64. The summed E-state index contributed by atoms with van der Waals surface area (Å²) in [4.78, 5) is 27.5. The molecule has 0 unspecified atom stereocenters. The number of amides is 2. The Morgan fingerprint density at radius 2 is 1.75 bits per heavy atom. The molecule has 0 aliphatic carbocycles. The van der Waals surface area contributed by atoms with E-state index >= 15 is 0 Å². The standard InChI is InChI=1S/C21H19ClN2O3S/c22-18-10-4-5-11-19(18)28-15-21(26)24(13-17-9-6-12-27-17)14-20(25)23-16-7-2-1-3-8-16/h1-12H,13-15H2,(H,23,25). The molecule has 0 aliphatic heterocycles. The minimum Gasteiger partial charge on any atom is -0.467 e. The van der Waals surface area contributed by atoms with Crippen LogP contribution in [0.4, 0.5) is 5.69 Å². The van der Waals surface area contributed by atoms with E-state index in [4.69, 9.17) is 16.0 Å². The van der Waals surface area contributed by atoms with E-state index < -0.39 is 0 Å². The van der Waals surface area contributed by atoms with E-state index in [1.807, 2.05) is 36.4 Å². The Morgan fingerprint density at radius 3 is 2.46 bits per heavy atom. The van der Waals surface area contributed by atoms with Gasteiger partial charge in [-0.25, -0.2) is 0 Å². The van der Waals surface area contributed by atoms with Crippen LogP contribution in [0.3, 0.4) is 0 Å². The molecule has 0 fully saturated rings. The van der Waals surface area contributed by atoms with Crippen LogP contribution in [0.1, 0.15) is 5.76 Å². The lowest BCUT2D eigenvalue weighted by Crippen LogP contribution is -2.38. The predicted molar refractivity (Wildman–Crippen MR) is 111 cm³/mol. The average Bonchev–Trinajstić information content (AvgIpc) is 3.20. The molecule has 3 aromatic rings. The summed E-state index contributed by atoms with van der Waals surface area (Å²) in [5.41, 5.74) is 0.684. The number of rotatable bonds is 8. The van der Waals surface area contributed by atoms with Gasteiger partial charge in [-0.05, 0) is 36.4 Å². The highest BCUT2D eigenvalue weighted by Gasteiger charge is 2.19. The molecule has 3 rings (SSSR count). The summed E-state index contributed by atoms with van der Waals surface area (Å²) in [6.07, 6.45) is 1.54. The third-order valence-electron chi connectivity index (χ3n) is 3.86. The molecule has 1 heterocycles. The van der Waals surface area contributed by atoms with Gasteiger partial charge in [-0.1, -0.05) is 41.9 Å². The van der Waals surface area contributed by atoms with Crippen LogP contribution < -0.4 is 5.32 Å². The Balaban J connectivity index is 1.64. The first kappa shape index (κ1) is 20.0. The molecule has 28 heavy (non-hydrogen) atoms.